The molecule has 0 aliphatic carbocycles. The van der Waals surface area contributed by atoms with Crippen LogP contribution in [-0.4, -0.2) is 39.0 Å². The molecule has 2 saturated heterocycles. The van der Waals surface area contributed by atoms with Gasteiger partial charge >= 0.3 is 0 Å². The Morgan fingerprint density at radius 1 is 1.14 bits per heavy atom. The molecule has 0 N–H and O–H groups in total. The number of halogens is 1. The van der Waals surface area contributed by atoms with E-state index in [0.717, 1.165) is 31.2 Å². The van der Waals surface area contributed by atoms with E-state index < -0.39 is 5.82 Å². The maximum Gasteiger partial charge on any atom is 0.229 e. The number of hydrogen-bond acceptors (Lipinski definition) is 5. The van der Waals surface area contributed by atoms with Gasteiger partial charge in [0.25, 0.3) is 0 Å². The summed E-state index contributed by atoms with van der Waals surface area (Å²) < 4.78 is 25.9. The van der Waals surface area contributed by atoms with E-state index in [1.54, 1.807) is 26.0 Å². The highest BCUT2D eigenvalue weighted by molar-refractivity contribution is 5.74. The Morgan fingerprint density at radius 3 is 2.46 bits per heavy atom. The van der Waals surface area contributed by atoms with Gasteiger partial charge in [-0.1, -0.05) is 6.07 Å². The molecule has 2 unspecified atom stereocenters. The molecule has 28 heavy (non-hydrogen) atoms. The molecular weight excluding hydrogens is 361 g/mol. The first-order chi connectivity index (χ1) is 13.4. The fourth-order valence-electron chi connectivity index (χ4n) is 4.33. The summed E-state index contributed by atoms with van der Waals surface area (Å²) >= 11 is 0. The number of piperidine rings is 1. The van der Waals surface area contributed by atoms with Gasteiger partial charge in [0.1, 0.15) is 12.4 Å². The molecule has 0 spiro atoms. The molecule has 2 aromatic rings. The van der Waals surface area contributed by atoms with Gasteiger partial charge in [-0.2, -0.15) is 0 Å². The minimum absolute atomic E-state index is 0.00865. The largest absolute Gasteiger partial charge is 0.474 e. The molecule has 1 aromatic heterocycles. The number of ether oxygens (including phenoxy) is 2. The average Bonchev–Trinajstić information content (AvgIpc) is 2.92. The fourth-order valence-corrected chi connectivity index (χ4v) is 4.33. The second kappa shape index (κ2) is 7.37. The first-order valence-corrected chi connectivity index (χ1v) is 9.63. The normalized spacial score (nSPS) is 23.6. The smallest absolute Gasteiger partial charge is 0.229 e. The number of amides is 1. The van der Waals surface area contributed by atoms with Crippen LogP contribution in [0.2, 0.25) is 0 Å². The summed E-state index contributed by atoms with van der Waals surface area (Å²) in [6.07, 6.45) is 4.99. The molecule has 2 aliphatic rings. The van der Waals surface area contributed by atoms with E-state index in [9.17, 15) is 9.18 Å². The minimum Gasteiger partial charge on any atom is -0.474 e. The summed E-state index contributed by atoms with van der Waals surface area (Å²) in [4.78, 5) is 22.2. The fraction of sp³-hybridized carbons (Fsp3) is 0.476. The molecule has 3 heterocycles. The van der Waals surface area contributed by atoms with E-state index in [0.29, 0.717) is 11.4 Å². The van der Waals surface area contributed by atoms with Gasteiger partial charge in [0, 0.05) is 31.8 Å². The van der Waals surface area contributed by atoms with Gasteiger partial charge in [-0.05, 0) is 44.4 Å². The molecule has 2 fully saturated rings. The van der Waals surface area contributed by atoms with Crippen molar-refractivity contribution >= 4 is 5.91 Å². The summed E-state index contributed by atoms with van der Waals surface area (Å²) in [6.45, 7) is 5.25. The van der Waals surface area contributed by atoms with Crippen LogP contribution >= 0.6 is 0 Å². The third-order valence-corrected chi connectivity index (χ3v) is 5.62. The van der Waals surface area contributed by atoms with E-state index in [2.05, 4.69) is 9.97 Å². The molecule has 2 bridgehead atoms. The van der Waals surface area contributed by atoms with Gasteiger partial charge in [0.2, 0.25) is 17.7 Å². The molecule has 3 atom stereocenters. The Bertz CT molecular complexity index is 890. The summed E-state index contributed by atoms with van der Waals surface area (Å²) in [6, 6.07) is 5.26. The zero-order valence-corrected chi connectivity index (χ0v) is 16.3. The van der Waals surface area contributed by atoms with Gasteiger partial charge in [-0.15, -0.1) is 0 Å². The third kappa shape index (κ3) is 3.53. The Balaban J connectivity index is 1.49. The predicted octanol–water partition coefficient (Wildman–Crippen LogP) is 3.95. The Kier molecular flexibility index (Phi) is 4.91. The molecule has 6 nitrogen and oxygen atoms in total. The van der Waals surface area contributed by atoms with Gasteiger partial charge in [-0.3, -0.25) is 4.79 Å². The molecule has 0 saturated carbocycles. The number of hydrogen-bond donors (Lipinski definition) is 0. The topological polar surface area (TPSA) is 64.6 Å². The van der Waals surface area contributed by atoms with Crippen LogP contribution in [0.15, 0.2) is 24.5 Å². The minimum atomic E-state index is -0.436. The second-order valence-electron chi connectivity index (χ2n) is 7.67. The maximum absolute atomic E-state index is 14.1. The highest BCUT2D eigenvalue weighted by Crippen LogP contribution is 2.38. The van der Waals surface area contributed by atoms with Gasteiger partial charge in [-0.25, -0.2) is 14.4 Å². The number of aromatic nitrogens is 2. The highest BCUT2D eigenvalue weighted by atomic mass is 19.1. The van der Waals surface area contributed by atoms with Crippen molar-refractivity contribution in [3.05, 3.63) is 41.5 Å². The number of fused-ring (bicyclic) bond motifs is 2. The van der Waals surface area contributed by atoms with Crippen LogP contribution in [0.3, 0.4) is 0 Å². The number of rotatable bonds is 4. The monoisotopic (exact) mass is 385 g/mol. The molecule has 2 aliphatic heterocycles. The zero-order valence-electron chi connectivity index (χ0n) is 16.3. The van der Waals surface area contributed by atoms with Crippen LogP contribution in [0.25, 0.3) is 0 Å². The van der Waals surface area contributed by atoms with Crippen molar-refractivity contribution in [2.45, 2.75) is 64.6 Å². The molecule has 0 radical (unpaired) electrons. The summed E-state index contributed by atoms with van der Waals surface area (Å²) in [5, 5.41) is 0. The lowest BCUT2D eigenvalue weighted by molar-refractivity contribution is -0.134. The molecule has 148 valence electrons. The number of carbonyl (C=O) groups excluding carboxylic acids is 1. The average molecular weight is 385 g/mol. The SMILES string of the molecule is CC(=O)N1C2CC[C@H]1CC(Oc1ncnc(Oc3ccc(C)cc3F)c1C)C2. The predicted molar refractivity (Wildman–Crippen MR) is 101 cm³/mol. The zero-order chi connectivity index (χ0) is 19.8. The summed E-state index contributed by atoms with van der Waals surface area (Å²) in [5.41, 5.74) is 1.45. The highest BCUT2D eigenvalue weighted by Gasteiger charge is 2.43. The quantitative estimate of drug-likeness (QED) is 0.797. The van der Waals surface area contributed by atoms with Crippen LogP contribution in [0, 0.1) is 19.7 Å². The molecule has 1 amide bonds. The summed E-state index contributed by atoms with van der Waals surface area (Å²) in [5.74, 6) is 0.537. The lowest BCUT2D eigenvalue weighted by Crippen LogP contribution is -2.48. The van der Waals surface area contributed by atoms with Crippen molar-refractivity contribution in [1.82, 2.24) is 14.9 Å². The van der Waals surface area contributed by atoms with E-state index >= 15 is 0 Å². The Labute approximate surface area is 163 Å². The van der Waals surface area contributed by atoms with Gasteiger partial charge < -0.3 is 14.4 Å². The third-order valence-electron chi connectivity index (χ3n) is 5.62. The first-order valence-electron chi connectivity index (χ1n) is 9.63. The van der Waals surface area contributed by atoms with Crippen LogP contribution in [0.4, 0.5) is 4.39 Å². The van der Waals surface area contributed by atoms with Crippen molar-refractivity contribution in [2.24, 2.45) is 0 Å². The van der Waals surface area contributed by atoms with E-state index in [4.69, 9.17) is 9.47 Å². The van der Waals surface area contributed by atoms with Crippen molar-refractivity contribution in [3.8, 4) is 17.5 Å². The number of nitrogens with zero attached hydrogens (tertiary/aromatic N) is 3. The standard InChI is InChI=1S/C21H24FN3O3/c1-12-4-7-19(18(22)8-12)28-21-13(2)20(23-11-24-21)27-17-9-15-5-6-16(10-17)25(15)14(3)26/h4,7-8,11,15-17H,5-6,9-10H2,1-3H3/t15-,16?,17?/m0/s1. The van der Waals surface area contributed by atoms with Crippen molar-refractivity contribution in [3.63, 3.8) is 0 Å². The van der Waals surface area contributed by atoms with Crippen molar-refractivity contribution in [1.29, 1.82) is 0 Å². The number of carbonyl (C=O) groups is 1. The number of aryl methyl sites for hydroxylation is 1. The van der Waals surface area contributed by atoms with Crippen molar-refractivity contribution < 1.29 is 18.7 Å². The lowest BCUT2D eigenvalue weighted by atomic mass is 9.99. The molecule has 4 rings (SSSR count). The van der Waals surface area contributed by atoms with Crippen molar-refractivity contribution in [2.75, 3.05) is 0 Å². The van der Waals surface area contributed by atoms with Gasteiger partial charge in [0.05, 0.1) is 5.56 Å². The van der Waals surface area contributed by atoms with Gasteiger partial charge in [0.15, 0.2) is 11.6 Å². The van der Waals surface area contributed by atoms with E-state index in [1.807, 2.05) is 11.8 Å². The molecular formula is C21H24FN3O3. The Hall–Kier alpha value is -2.70. The Morgan fingerprint density at radius 2 is 1.82 bits per heavy atom. The van der Waals surface area contributed by atoms with Crippen LogP contribution in [0.1, 0.15) is 43.7 Å². The second-order valence-corrected chi connectivity index (χ2v) is 7.67. The molecule has 7 heteroatoms. The lowest BCUT2D eigenvalue weighted by Gasteiger charge is -2.38. The van der Waals surface area contributed by atoms with Crippen LogP contribution in [0.5, 0.6) is 17.5 Å². The van der Waals surface area contributed by atoms with E-state index in [-0.39, 0.29) is 35.7 Å². The van der Waals surface area contributed by atoms with Crippen LogP contribution < -0.4 is 9.47 Å². The first kappa shape index (κ1) is 18.7. The maximum atomic E-state index is 14.1. The van der Waals surface area contributed by atoms with E-state index in [1.165, 1.54) is 12.4 Å². The van der Waals surface area contributed by atoms with Crippen LogP contribution in [-0.2, 0) is 4.79 Å². The summed E-state index contributed by atoms with van der Waals surface area (Å²) in [7, 11) is 0. The number of benzene rings is 1. The molecule has 1 aromatic carbocycles.